The molecule has 0 bridgehead atoms. The summed E-state index contributed by atoms with van der Waals surface area (Å²) >= 11 is 0. The summed E-state index contributed by atoms with van der Waals surface area (Å²) in [7, 11) is 2.41. The Bertz CT molecular complexity index is 357. The SMILES string of the molecule is CCCCCCCCCCCCCCCCCC[N+]1(C)CCOCC1.O=[N+]([O-])[O-]. The van der Waals surface area contributed by atoms with Crippen LogP contribution >= 0.6 is 0 Å². The Morgan fingerprint density at radius 1 is 0.690 bits per heavy atom. The number of nitrogens with zero attached hydrogens (tertiary/aromatic N) is 2. The Balaban J connectivity index is 0.00000178. The minimum atomic E-state index is -1.75. The molecule has 29 heavy (non-hydrogen) atoms. The van der Waals surface area contributed by atoms with Gasteiger partial charge in [0.1, 0.15) is 13.1 Å². The van der Waals surface area contributed by atoms with E-state index in [9.17, 15) is 0 Å². The molecule has 1 rings (SSSR count). The van der Waals surface area contributed by atoms with E-state index >= 15 is 0 Å². The van der Waals surface area contributed by atoms with E-state index < -0.39 is 5.09 Å². The molecule has 0 amide bonds. The molecule has 0 radical (unpaired) electrons. The van der Waals surface area contributed by atoms with E-state index in [1.54, 1.807) is 0 Å². The molecule has 1 aliphatic heterocycles. The highest BCUT2D eigenvalue weighted by Gasteiger charge is 2.24. The lowest BCUT2D eigenvalue weighted by atomic mass is 10.0. The molecule has 0 aromatic rings. The highest BCUT2D eigenvalue weighted by atomic mass is 16.9. The minimum Gasteiger partial charge on any atom is -0.370 e. The number of quaternary nitrogens is 1. The van der Waals surface area contributed by atoms with E-state index in [1.165, 1.54) is 127 Å². The maximum Gasteiger partial charge on any atom is 0.102 e. The zero-order chi connectivity index (χ0) is 21.6. The number of rotatable bonds is 17. The Labute approximate surface area is 179 Å². The second-order valence-electron chi connectivity index (χ2n) is 8.93. The molecule has 0 unspecified atom stereocenters. The van der Waals surface area contributed by atoms with Crippen LogP contribution in [0.15, 0.2) is 0 Å². The smallest absolute Gasteiger partial charge is 0.102 e. The summed E-state index contributed by atoms with van der Waals surface area (Å²) in [5.74, 6) is 0. The molecule has 6 nitrogen and oxygen atoms in total. The van der Waals surface area contributed by atoms with Crippen LogP contribution in [0.1, 0.15) is 110 Å². The lowest BCUT2D eigenvalue weighted by Gasteiger charge is -2.37. The van der Waals surface area contributed by atoms with E-state index in [1.807, 2.05) is 0 Å². The molecule has 1 saturated heterocycles. The first kappa shape index (κ1) is 28.1. The highest BCUT2D eigenvalue weighted by molar-refractivity contribution is 4.51. The molecule has 0 aromatic heterocycles. The average molecular weight is 417 g/mol. The van der Waals surface area contributed by atoms with Gasteiger partial charge in [-0.3, -0.25) is 0 Å². The van der Waals surface area contributed by atoms with Gasteiger partial charge in [0.05, 0.1) is 31.9 Å². The molecule has 0 N–H and O–H groups in total. The molecule has 0 saturated carbocycles. The predicted octanol–water partition coefficient (Wildman–Crippen LogP) is 6.49. The topological polar surface area (TPSA) is 75.4 Å². The van der Waals surface area contributed by atoms with E-state index in [4.69, 9.17) is 20.1 Å². The van der Waals surface area contributed by atoms with Crippen molar-refractivity contribution in [2.75, 3.05) is 39.9 Å². The molecular weight excluding hydrogens is 368 g/mol. The van der Waals surface area contributed by atoms with Gasteiger partial charge in [0, 0.05) is 0 Å². The van der Waals surface area contributed by atoms with Crippen LogP contribution in [0.25, 0.3) is 0 Å². The van der Waals surface area contributed by atoms with Crippen molar-refractivity contribution in [3.8, 4) is 0 Å². The van der Waals surface area contributed by atoms with Crippen molar-refractivity contribution in [2.24, 2.45) is 0 Å². The Morgan fingerprint density at radius 3 is 1.34 bits per heavy atom. The lowest BCUT2D eigenvalue weighted by Crippen LogP contribution is -2.52. The first-order valence-corrected chi connectivity index (χ1v) is 12.2. The van der Waals surface area contributed by atoms with E-state index in [0.717, 1.165) is 13.2 Å². The summed E-state index contributed by atoms with van der Waals surface area (Å²) < 4.78 is 6.73. The maximum absolute atomic E-state index is 8.25. The van der Waals surface area contributed by atoms with Crippen LogP contribution in [-0.2, 0) is 4.74 Å². The average Bonchev–Trinajstić information content (AvgIpc) is 2.68. The Morgan fingerprint density at radius 2 is 1.00 bits per heavy atom. The molecule has 174 valence electrons. The van der Waals surface area contributed by atoms with Crippen molar-refractivity contribution in [1.29, 1.82) is 0 Å². The van der Waals surface area contributed by atoms with Gasteiger partial charge in [0.25, 0.3) is 0 Å². The van der Waals surface area contributed by atoms with Gasteiger partial charge < -0.3 is 24.5 Å². The van der Waals surface area contributed by atoms with Crippen molar-refractivity contribution in [1.82, 2.24) is 0 Å². The van der Waals surface area contributed by atoms with Crippen LogP contribution in [0.2, 0.25) is 0 Å². The number of hydrogen-bond donors (Lipinski definition) is 0. The Hall–Kier alpha value is -0.880. The number of unbranched alkanes of at least 4 members (excludes halogenated alkanes) is 15. The predicted molar refractivity (Wildman–Crippen MR) is 122 cm³/mol. The van der Waals surface area contributed by atoms with Crippen molar-refractivity contribution in [3.05, 3.63) is 15.3 Å². The maximum atomic E-state index is 8.25. The van der Waals surface area contributed by atoms with E-state index in [-0.39, 0.29) is 0 Å². The van der Waals surface area contributed by atoms with Gasteiger partial charge in [0.2, 0.25) is 0 Å². The molecule has 0 spiro atoms. The molecule has 0 atom stereocenters. The van der Waals surface area contributed by atoms with Gasteiger partial charge in [-0.25, -0.2) is 0 Å². The van der Waals surface area contributed by atoms with Gasteiger partial charge in [-0.05, 0) is 12.8 Å². The summed E-state index contributed by atoms with van der Waals surface area (Å²) in [5, 5.41) is 14.8. The third kappa shape index (κ3) is 21.6. The van der Waals surface area contributed by atoms with Crippen molar-refractivity contribution in [2.45, 2.75) is 110 Å². The van der Waals surface area contributed by atoms with Crippen molar-refractivity contribution in [3.63, 3.8) is 0 Å². The highest BCUT2D eigenvalue weighted by Crippen LogP contribution is 2.15. The lowest BCUT2D eigenvalue weighted by molar-refractivity contribution is -0.917. The van der Waals surface area contributed by atoms with Crippen LogP contribution in [0.4, 0.5) is 0 Å². The third-order valence-electron chi connectivity index (χ3n) is 6.10. The van der Waals surface area contributed by atoms with Crippen LogP contribution in [0.5, 0.6) is 0 Å². The summed E-state index contributed by atoms with van der Waals surface area (Å²) in [5.41, 5.74) is 0. The molecule has 1 heterocycles. The summed E-state index contributed by atoms with van der Waals surface area (Å²) in [6.45, 7) is 8.04. The van der Waals surface area contributed by atoms with Gasteiger partial charge in [0.15, 0.2) is 0 Å². The number of likely N-dealkylation sites (N-methyl/N-ethyl adjacent to an activating group) is 1. The molecule has 1 aliphatic rings. The largest absolute Gasteiger partial charge is 0.370 e. The first-order valence-electron chi connectivity index (χ1n) is 12.2. The summed E-state index contributed by atoms with van der Waals surface area (Å²) in [6, 6.07) is 0. The standard InChI is InChI=1S/C23H48NO.NO3/c1-3-4-5-6-7-8-9-10-11-12-13-14-15-16-17-18-19-24(2)20-22-25-23-21-24;2-1(3)4/h3-23H2,1-2H3;/q+1;-1. The third-order valence-corrected chi connectivity index (χ3v) is 6.10. The van der Waals surface area contributed by atoms with E-state index in [2.05, 4.69) is 14.0 Å². The van der Waals surface area contributed by atoms with Gasteiger partial charge >= 0.3 is 0 Å². The number of ether oxygens (including phenoxy) is 1. The van der Waals surface area contributed by atoms with Gasteiger partial charge in [-0.15, -0.1) is 0 Å². The normalized spacial score (nSPS) is 15.5. The van der Waals surface area contributed by atoms with Crippen LogP contribution in [-0.4, -0.2) is 49.5 Å². The summed E-state index contributed by atoms with van der Waals surface area (Å²) in [4.78, 5) is 8.25. The quantitative estimate of drug-likeness (QED) is 0.118. The van der Waals surface area contributed by atoms with Crippen LogP contribution in [0, 0.1) is 15.3 Å². The Kier molecular flexibility index (Phi) is 19.8. The van der Waals surface area contributed by atoms with Gasteiger partial charge in [-0.1, -0.05) is 96.8 Å². The second-order valence-corrected chi connectivity index (χ2v) is 8.93. The molecule has 6 heteroatoms. The fraction of sp³-hybridized carbons (Fsp3) is 1.00. The van der Waals surface area contributed by atoms with Gasteiger partial charge in [-0.2, -0.15) is 0 Å². The monoisotopic (exact) mass is 416 g/mol. The molecule has 0 aliphatic carbocycles. The van der Waals surface area contributed by atoms with Crippen molar-refractivity contribution >= 4 is 0 Å². The fourth-order valence-electron chi connectivity index (χ4n) is 4.05. The van der Waals surface area contributed by atoms with Crippen LogP contribution in [0.3, 0.4) is 0 Å². The van der Waals surface area contributed by atoms with Crippen LogP contribution < -0.4 is 0 Å². The zero-order valence-electron chi connectivity index (χ0n) is 19.4. The molecular formula is C23H48N2O4. The number of morpholine rings is 1. The number of hydrogen-bond acceptors (Lipinski definition) is 4. The minimum absolute atomic E-state index is 0.968. The molecule has 0 aromatic carbocycles. The van der Waals surface area contributed by atoms with Crippen molar-refractivity contribution < 1.29 is 14.3 Å². The van der Waals surface area contributed by atoms with E-state index in [0.29, 0.717) is 0 Å². The second kappa shape index (κ2) is 20.4. The fourth-order valence-corrected chi connectivity index (χ4v) is 4.05. The first-order chi connectivity index (χ1) is 14.0. The molecule has 1 fully saturated rings. The summed E-state index contributed by atoms with van der Waals surface area (Å²) in [6.07, 6.45) is 23.3. The zero-order valence-corrected chi connectivity index (χ0v) is 19.4.